The van der Waals surface area contributed by atoms with Gasteiger partial charge in [-0.15, -0.1) is 11.8 Å². The predicted octanol–water partition coefficient (Wildman–Crippen LogP) is 2.76. The molecule has 1 aliphatic heterocycles. The highest BCUT2D eigenvalue weighted by Crippen LogP contribution is 2.39. The van der Waals surface area contributed by atoms with Gasteiger partial charge in [-0.25, -0.2) is 0 Å². The van der Waals surface area contributed by atoms with Crippen molar-refractivity contribution in [3.05, 3.63) is 50.9 Å². The minimum atomic E-state index is -0.359. The molecular formula is C18H20N2O4S. The van der Waals surface area contributed by atoms with Gasteiger partial charge in [0.15, 0.2) is 11.5 Å². The molecule has 0 radical (unpaired) electrons. The minimum absolute atomic E-state index is 0.162. The number of carbonyl (C=O) groups excluding carboxylic acids is 1. The molecule has 0 saturated heterocycles. The fourth-order valence-electron chi connectivity index (χ4n) is 2.82. The Hall–Kier alpha value is -2.41. The van der Waals surface area contributed by atoms with Gasteiger partial charge in [-0.2, -0.15) is 0 Å². The van der Waals surface area contributed by atoms with E-state index in [4.69, 9.17) is 9.47 Å². The number of thioether (sulfide) groups is 1. The van der Waals surface area contributed by atoms with Crippen molar-refractivity contribution in [1.29, 1.82) is 0 Å². The van der Waals surface area contributed by atoms with Crippen LogP contribution in [-0.4, -0.2) is 23.4 Å². The third-order valence-electron chi connectivity index (χ3n) is 4.07. The van der Waals surface area contributed by atoms with Crippen LogP contribution in [0.5, 0.6) is 11.5 Å². The highest BCUT2D eigenvalue weighted by atomic mass is 32.2. The molecule has 25 heavy (non-hydrogen) atoms. The second kappa shape index (κ2) is 6.84. The molecular weight excluding hydrogens is 340 g/mol. The second-order valence-electron chi connectivity index (χ2n) is 5.88. The van der Waals surface area contributed by atoms with Gasteiger partial charge < -0.3 is 19.8 Å². The summed E-state index contributed by atoms with van der Waals surface area (Å²) in [6.45, 7) is 5.61. The lowest BCUT2D eigenvalue weighted by Gasteiger charge is -2.11. The van der Waals surface area contributed by atoms with Crippen molar-refractivity contribution in [2.75, 3.05) is 6.26 Å². The fraction of sp³-hybridized carbons (Fsp3) is 0.333. The number of fused-ring (bicyclic) bond motifs is 1. The quantitative estimate of drug-likeness (QED) is 0.820. The van der Waals surface area contributed by atoms with Gasteiger partial charge in [-0.3, -0.25) is 9.59 Å². The van der Waals surface area contributed by atoms with E-state index in [2.05, 4.69) is 10.3 Å². The predicted molar refractivity (Wildman–Crippen MR) is 96.6 cm³/mol. The van der Waals surface area contributed by atoms with Crippen LogP contribution in [0.3, 0.4) is 0 Å². The van der Waals surface area contributed by atoms with E-state index in [-0.39, 0.29) is 24.3 Å². The molecule has 132 valence electrons. The number of aromatic amines is 1. The number of aryl methyl sites for hydroxylation is 1. The Morgan fingerprint density at radius 3 is 2.80 bits per heavy atom. The molecule has 0 fully saturated rings. The molecule has 1 aromatic carbocycles. The molecule has 0 saturated carbocycles. The number of rotatable bonds is 4. The molecule has 0 aliphatic carbocycles. The Morgan fingerprint density at radius 2 is 2.08 bits per heavy atom. The maximum atomic E-state index is 12.6. The first kappa shape index (κ1) is 17.4. The number of aromatic nitrogens is 1. The molecule has 1 atom stereocenters. The van der Waals surface area contributed by atoms with Crippen LogP contribution in [0.1, 0.15) is 34.1 Å². The van der Waals surface area contributed by atoms with E-state index in [0.29, 0.717) is 22.6 Å². The number of ether oxygens (including phenoxy) is 2. The Bertz CT molecular complexity index is 891. The van der Waals surface area contributed by atoms with Crippen LogP contribution in [0, 0.1) is 13.8 Å². The zero-order valence-electron chi connectivity index (χ0n) is 14.6. The largest absolute Gasteiger partial charge is 0.451 e. The van der Waals surface area contributed by atoms with Crippen LogP contribution < -0.4 is 20.3 Å². The molecule has 2 aromatic rings. The van der Waals surface area contributed by atoms with E-state index < -0.39 is 0 Å². The normalized spacial score (nSPS) is 15.3. The Morgan fingerprint density at radius 1 is 1.32 bits per heavy atom. The third kappa shape index (κ3) is 3.37. The van der Waals surface area contributed by atoms with Crippen LogP contribution in [0.2, 0.25) is 0 Å². The molecule has 2 N–H and O–H groups in total. The van der Waals surface area contributed by atoms with E-state index in [1.54, 1.807) is 19.1 Å². The van der Waals surface area contributed by atoms with E-state index in [9.17, 15) is 9.59 Å². The monoisotopic (exact) mass is 360 g/mol. The van der Waals surface area contributed by atoms with Gasteiger partial charge in [-0.1, -0.05) is 0 Å². The number of carbonyl (C=O) groups is 1. The average molecular weight is 360 g/mol. The SMILES string of the molecule is CSc1cc(C)[nH]c(=O)c1CNC(=O)c1ccc2c(c1C)OC(C)O2. The molecule has 3 rings (SSSR count). The third-order valence-corrected chi connectivity index (χ3v) is 4.87. The summed E-state index contributed by atoms with van der Waals surface area (Å²) in [5.74, 6) is 0.981. The average Bonchev–Trinajstić information content (AvgIpc) is 2.94. The number of H-pyrrole nitrogens is 1. The maximum absolute atomic E-state index is 12.6. The molecule has 0 spiro atoms. The molecule has 1 amide bonds. The molecule has 2 heterocycles. The van der Waals surface area contributed by atoms with Gasteiger partial charge in [0, 0.05) is 40.7 Å². The number of nitrogens with one attached hydrogen (secondary N) is 2. The summed E-state index contributed by atoms with van der Waals surface area (Å²) in [5.41, 5.74) is 2.40. The van der Waals surface area contributed by atoms with Crippen LogP contribution in [-0.2, 0) is 6.54 Å². The van der Waals surface area contributed by atoms with E-state index >= 15 is 0 Å². The smallest absolute Gasteiger partial charge is 0.254 e. The molecule has 1 aromatic heterocycles. The standard InChI is InChI=1S/C18H20N2O4S/c1-9-7-15(25-4)13(18(22)20-9)8-19-17(21)12-5-6-14-16(10(12)2)24-11(3)23-14/h5-7,11H,8H2,1-4H3,(H,19,21)(H,20,22). The summed E-state index contributed by atoms with van der Waals surface area (Å²) < 4.78 is 11.1. The number of hydrogen-bond acceptors (Lipinski definition) is 5. The van der Waals surface area contributed by atoms with Crippen molar-refractivity contribution in [3.8, 4) is 11.5 Å². The molecule has 1 unspecified atom stereocenters. The van der Waals surface area contributed by atoms with Crippen molar-refractivity contribution in [1.82, 2.24) is 10.3 Å². The number of amides is 1. The Labute approximate surface area is 149 Å². The van der Waals surface area contributed by atoms with Crippen LogP contribution in [0.15, 0.2) is 27.9 Å². The lowest BCUT2D eigenvalue weighted by atomic mass is 10.1. The van der Waals surface area contributed by atoms with Gasteiger partial charge in [0.25, 0.3) is 11.5 Å². The van der Waals surface area contributed by atoms with Gasteiger partial charge in [0.1, 0.15) is 0 Å². The first-order chi connectivity index (χ1) is 11.9. The highest BCUT2D eigenvalue weighted by molar-refractivity contribution is 7.98. The van der Waals surface area contributed by atoms with Crippen LogP contribution in [0.4, 0.5) is 0 Å². The van der Waals surface area contributed by atoms with Gasteiger partial charge in [0.05, 0.1) is 0 Å². The van der Waals surface area contributed by atoms with Gasteiger partial charge in [-0.05, 0) is 38.3 Å². The van der Waals surface area contributed by atoms with Crippen LogP contribution >= 0.6 is 11.8 Å². The summed E-state index contributed by atoms with van der Waals surface area (Å²) in [4.78, 5) is 28.4. The first-order valence-electron chi connectivity index (χ1n) is 7.92. The fourth-order valence-corrected chi connectivity index (χ4v) is 3.53. The Balaban J connectivity index is 1.81. The number of pyridine rings is 1. The zero-order valence-corrected chi connectivity index (χ0v) is 15.4. The van der Waals surface area contributed by atoms with Crippen molar-refractivity contribution in [2.24, 2.45) is 0 Å². The van der Waals surface area contributed by atoms with E-state index in [0.717, 1.165) is 16.2 Å². The van der Waals surface area contributed by atoms with Crippen LogP contribution in [0.25, 0.3) is 0 Å². The minimum Gasteiger partial charge on any atom is -0.451 e. The molecule has 7 heteroatoms. The van der Waals surface area contributed by atoms with Crippen molar-refractivity contribution >= 4 is 17.7 Å². The van der Waals surface area contributed by atoms with Gasteiger partial charge >= 0.3 is 0 Å². The highest BCUT2D eigenvalue weighted by Gasteiger charge is 2.25. The summed E-state index contributed by atoms with van der Waals surface area (Å²) in [6.07, 6.45) is 1.55. The van der Waals surface area contributed by atoms with Crippen molar-refractivity contribution in [3.63, 3.8) is 0 Å². The molecule has 1 aliphatic rings. The van der Waals surface area contributed by atoms with E-state index in [1.807, 2.05) is 26.2 Å². The summed E-state index contributed by atoms with van der Waals surface area (Å²) in [6, 6.07) is 5.34. The topological polar surface area (TPSA) is 80.4 Å². The summed E-state index contributed by atoms with van der Waals surface area (Å²) >= 11 is 1.48. The zero-order chi connectivity index (χ0) is 18.1. The van der Waals surface area contributed by atoms with Gasteiger partial charge in [0.2, 0.25) is 6.29 Å². The lowest BCUT2D eigenvalue weighted by molar-refractivity contribution is 0.0674. The molecule has 6 nitrogen and oxygen atoms in total. The number of benzene rings is 1. The summed E-state index contributed by atoms with van der Waals surface area (Å²) in [7, 11) is 0. The lowest BCUT2D eigenvalue weighted by Crippen LogP contribution is -2.28. The summed E-state index contributed by atoms with van der Waals surface area (Å²) in [5, 5.41) is 2.82. The first-order valence-corrected chi connectivity index (χ1v) is 9.15. The van der Waals surface area contributed by atoms with Crippen molar-refractivity contribution in [2.45, 2.75) is 38.5 Å². The van der Waals surface area contributed by atoms with E-state index in [1.165, 1.54) is 11.8 Å². The Kier molecular flexibility index (Phi) is 4.76. The number of hydrogen-bond donors (Lipinski definition) is 2. The van der Waals surface area contributed by atoms with Crippen molar-refractivity contribution < 1.29 is 14.3 Å². The molecule has 0 bridgehead atoms. The maximum Gasteiger partial charge on any atom is 0.254 e. The second-order valence-corrected chi connectivity index (χ2v) is 6.73.